The maximum absolute atomic E-state index is 10.6. The van der Waals surface area contributed by atoms with Crippen molar-refractivity contribution < 1.29 is 9.53 Å². The third kappa shape index (κ3) is 12.5. The molecule has 0 aliphatic rings. The molecule has 0 rings (SSSR count). The first-order chi connectivity index (χ1) is 7.01. The van der Waals surface area contributed by atoms with Crippen LogP contribution in [0.25, 0.3) is 0 Å². The van der Waals surface area contributed by atoms with Crippen molar-refractivity contribution in [2.45, 2.75) is 6.92 Å². The van der Waals surface area contributed by atoms with Crippen molar-refractivity contribution in [2.75, 3.05) is 20.2 Å². The number of ether oxygens (including phenoxy) is 1. The van der Waals surface area contributed by atoms with Crippen LogP contribution in [0, 0.1) is 0 Å². The van der Waals surface area contributed by atoms with E-state index in [2.05, 4.69) is 11.3 Å². The fraction of sp³-hybridized carbons (Fsp3) is 0.444. The predicted molar refractivity (Wildman–Crippen MR) is 60.1 cm³/mol. The average molecular weight is 216 g/mol. The van der Waals surface area contributed by atoms with Crippen LogP contribution in [-0.2, 0) is 9.53 Å². The van der Waals surface area contributed by atoms with E-state index < -0.39 is 5.97 Å². The number of nitrogens with zero attached hydrogens (tertiary/aromatic N) is 1. The fourth-order valence-electron chi connectivity index (χ4n) is 0.525. The summed E-state index contributed by atoms with van der Waals surface area (Å²) in [5, 5.41) is 1.12. The van der Waals surface area contributed by atoms with E-state index in [1.54, 1.807) is 6.08 Å². The minimum atomic E-state index is -0.432. The predicted octanol–water partition coefficient (Wildman–Crippen LogP) is -0.714. The zero-order chi connectivity index (χ0) is 12.3. The van der Waals surface area contributed by atoms with Crippen LogP contribution in [0.2, 0.25) is 0 Å². The number of hydrogen-bond acceptors (Lipinski definition) is 6. The Labute approximate surface area is 90.3 Å². The molecule has 0 saturated heterocycles. The van der Waals surface area contributed by atoms with Gasteiger partial charge in [0.1, 0.15) is 6.54 Å². The number of rotatable bonds is 4. The normalized spacial score (nSPS) is 9.73. The number of allylic oxidation sites excluding steroid dienone is 1. The minimum Gasteiger partial charge on any atom is -0.468 e. The van der Waals surface area contributed by atoms with Crippen molar-refractivity contribution in [2.24, 2.45) is 17.3 Å². The molecule has 0 aliphatic heterocycles. The van der Waals surface area contributed by atoms with Gasteiger partial charge in [-0.25, -0.2) is 5.84 Å². The third-order valence-corrected chi connectivity index (χ3v) is 1.11. The smallest absolute Gasteiger partial charge is 0.326 e. The lowest BCUT2D eigenvalue weighted by Crippen LogP contribution is -2.33. The van der Waals surface area contributed by atoms with Crippen molar-refractivity contribution in [1.29, 1.82) is 0 Å². The molecule has 0 heterocycles. The van der Waals surface area contributed by atoms with Gasteiger partial charge < -0.3 is 21.2 Å². The van der Waals surface area contributed by atoms with Crippen LogP contribution < -0.4 is 17.3 Å². The first-order valence-electron chi connectivity index (χ1n) is 4.33. The van der Waals surface area contributed by atoms with Gasteiger partial charge in [0.25, 0.3) is 0 Å². The lowest BCUT2D eigenvalue weighted by molar-refractivity contribution is -0.141. The van der Waals surface area contributed by atoms with Crippen LogP contribution >= 0.6 is 0 Å². The quantitative estimate of drug-likeness (QED) is 0.248. The molecular weight excluding hydrogens is 196 g/mol. The number of nitrogens with two attached hydrogens (primary N) is 3. The standard InChI is InChI=1S/C6H14N4O2.C3H6/c1-12-6(11)4-10(9)3-5(8)2-7;1-3-2/h3H,2,4,7-9H2,1H3;3H,1H2,2H3/b5-3-;. The van der Waals surface area contributed by atoms with E-state index in [0.717, 1.165) is 5.01 Å². The van der Waals surface area contributed by atoms with Crippen LogP contribution in [0.3, 0.4) is 0 Å². The average Bonchev–Trinajstić information content (AvgIpc) is 2.18. The van der Waals surface area contributed by atoms with Gasteiger partial charge in [0.05, 0.1) is 7.11 Å². The molecule has 15 heavy (non-hydrogen) atoms. The first-order valence-corrected chi connectivity index (χ1v) is 4.33. The van der Waals surface area contributed by atoms with Crippen molar-refractivity contribution >= 4 is 5.97 Å². The topological polar surface area (TPSA) is 108 Å². The molecule has 0 aromatic rings. The zero-order valence-corrected chi connectivity index (χ0v) is 9.27. The van der Waals surface area contributed by atoms with Gasteiger partial charge in [-0.3, -0.25) is 4.79 Å². The number of esters is 1. The number of hydrogen-bond donors (Lipinski definition) is 3. The highest BCUT2D eigenvalue weighted by Crippen LogP contribution is 1.85. The van der Waals surface area contributed by atoms with E-state index in [0.29, 0.717) is 5.70 Å². The molecule has 0 saturated carbocycles. The van der Waals surface area contributed by atoms with E-state index in [4.69, 9.17) is 17.3 Å². The van der Waals surface area contributed by atoms with Crippen molar-refractivity contribution in [1.82, 2.24) is 5.01 Å². The molecule has 0 unspecified atom stereocenters. The number of hydrazine groups is 1. The summed E-state index contributed by atoms with van der Waals surface area (Å²) in [6.07, 6.45) is 3.14. The molecule has 0 aliphatic carbocycles. The molecular formula is C9H20N4O2. The highest BCUT2D eigenvalue weighted by Gasteiger charge is 2.02. The molecule has 0 aromatic heterocycles. The molecule has 0 atom stereocenters. The molecule has 0 fully saturated rings. The molecule has 0 bridgehead atoms. The van der Waals surface area contributed by atoms with E-state index in [9.17, 15) is 4.79 Å². The second-order valence-electron chi connectivity index (χ2n) is 2.56. The highest BCUT2D eigenvalue weighted by atomic mass is 16.5. The Morgan fingerprint density at radius 2 is 2.07 bits per heavy atom. The van der Waals surface area contributed by atoms with Crippen LogP contribution in [0.4, 0.5) is 0 Å². The van der Waals surface area contributed by atoms with Gasteiger partial charge in [0, 0.05) is 18.4 Å². The Balaban J connectivity index is 0. The van der Waals surface area contributed by atoms with Gasteiger partial charge >= 0.3 is 5.97 Å². The van der Waals surface area contributed by atoms with Gasteiger partial charge in [-0.05, 0) is 6.92 Å². The summed E-state index contributed by atoms with van der Waals surface area (Å²) in [6.45, 7) is 5.41. The van der Waals surface area contributed by atoms with E-state index in [1.165, 1.54) is 13.3 Å². The van der Waals surface area contributed by atoms with Gasteiger partial charge in [0.15, 0.2) is 0 Å². The van der Waals surface area contributed by atoms with Gasteiger partial charge in [-0.2, -0.15) is 0 Å². The van der Waals surface area contributed by atoms with Gasteiger partial charge in [-0.1, -0.05) is 6.08 Å². The van der Waals surface area contributed by atoms with Gasteiger partial charge in [-0.15, -0.1) is 6.58 Å². The Morgan fingerprint density at radius 1 is 1.60 bits per heavy atom. The summed E-state index contributed by atoms with van der Waals surface area (Å²) in [5.74, 6) is 4.92. The highest BCUT2D eigenvalue weighted by molar-refractivity contribution is 5.71. The molecule has 6 nitrogen and oxygen atoms in total. The van der Waals surface area contributed by atoms with Gasteiger partial charge in [0.2, 0.25) is 0 Å². The molecule has 6 heteroatoms. The third-order valence-electron chi connectivity index (χ3n) is 1.11. The summed E-state index contributed by atoms with van der Waals surface area (Å²) in [6, 6.07) is 0. The maximum Gasteiger partial charge on any atom is 0.326 e. The van der Waals surface area contributed by atoms with Crippen LogP contribution in [0.5, 0.6) is 0 Å². The second kappa shape index (κ2) is 10.6. The molecule has 0 amide bonds. The van der Waals surface area contributed by atoms with Crippen LogP contribution in [-0.4, -0.2) is 31.2 Å². The Morgan fingerprint density at radius 3 is 2.40 bits per heavy atom. The fourth-order valence-corrected chi connectivity index (χ4v) is 0.525. The van der Waals surface area contributed by atoms with Crippen LogP contribution in [0.1, 0.15) is 6.92 Å². The summed E-state index contributed by atoms with van der Waals surface area (Å²) in [7, 11) is 1.28. The number of methoxy groups -OCH3 is 1. The minimum absolute atomic E-state index is 0.0444. The summed E-state index contributed by atoms with van der Waals surface area (Å²) in [5.41, 5.74) is 10.9. The largest absolute Gasteiger partial charge is 0.468 e. The summed E-state index contributed by atoms with van der Waals surface area (Å²) >= 11 is 0. The van der Waals surface area contributed by atoms with Crippen molar-refractivity contribution in [3.05, 3.63) is 24.6 Å². The lowest BCUT2D eigenvalue weighted by atomic mass is 10.5. The maximum atomic E-state index is 10.6. The molecule has 0 spiro atoms. The Kier molecular flexibility index (Phi) is 11.2. The monoisotopic (exact) mass is 216 g/mol. The SMILES string of the molecule is C=CC.COC(=O)CN(N)/C=C(\N)CN. The Hall–Kier alpha value is -1.53. The second-order valence-corrected chi connectivity index (χ2v) is 2.56. The first kappa shape index (κ1) is 15.9. The summed E-state index contributed by atoms with van der Waals surface area (Å²) < 4.78 is 4.37. The Bertz CT molecular complexity index is 216. The lowest BCUT2D eigenvalue weighted by Gasteiger charge is -2.12. The molecule has 0 radical (unpaired) electrons. The number of carbonyl (C=O) groups is 1. The zero-order valence-electron chi connectivity index (χ0n) is 9.27. The molecule has 0 aromatic carbocycles. The van der Waals surface area contributed by atoms with E-state index >= 15 is 0 Å². The molecule has 6 N–H and O–H groups in total. The molecule has 88 valence electrons. The van der Waals surface area contributed by atoms with E-state index in [1.807, 2.05) is 6.92 Å². The van der Waals surface area contributed by atoms with Crippen molar-refractivity contribution in [3.8, 4) is 0 Å². The van der Waals surface area contributed by atoms with Crippen LogP contribution in [0.15, 0.2) is 24.6 Å². The van der Waals surface area contributed by atoms with E-state index in [-0.39, 0.29) is 13.1 Å². The number of carbonyl (C=O) groups excluding carboxylic acids is 1. The van der Waals surface area contributed by atoms with Crippen molar-refractivity contribution in [3.63, 3.8) is 0 Å². The summed E-state index contributed by atoms with van der Waals surface area (Å²) in [4.78, 5) is 10.6.